The molecule has 3 rings (SSSR count). The van der Waals surface area contributed by atoms with E-state index >= 15 is 0 Å². The Morgan fingerprint density at radius 2 is 1.93 bits per heavy atom. The summed E-state index contributed by atoms with van der Waals surface area (Å²) in [4.78, 5) is 27.7. The first-order chi connectivity index (χ1) is 13.5. The minimum atomic E-state index is 0.0203. The molecule has 1 aliphatic heterocycles. The molecule has 4 nitrogen and oxygen atoms in total. The highest BCUT2D eigenvalue weighted by molar-refractivity contribution is 7.99. The molecule has 1 N–H and O–H groups in total. The Hall–Kier alpha value is -2.27. The zero-order valence-electron chi connectivity index (χ0n) is 16.6. The minimum absolute atomic E-state index is 0.0203. The van der Waals surface area contributed by atoms with Crippen LogP contribution in [0.4, 0.5) is 11.4 Å². The van der Waals surface area contributed by atoms with Gasteiger partial charge in [-0.25, -0.2) is 0 Å². The smallest absolute Gasteiger partial charge is 0.227 e. The van der Waals surface area contributed by atoms with Crippen molar-refractivity contribution in [2.45, 2.75) is 44.4 Å². The highest BCUT2D eigenvalue weighted by Gasteiger charge is 2.24. The lowest BCUT2D eigenvalue weighted by Gasteiger charge is -2.30. The first-order valence-electron chi connectivity index (χ1n) is 9.94. The molecule has 1 heterocycles. The first kappa shape index (κ1) is 20.5. The van der Waals surface area contributed by atoms with Crippen molar-refractivity contribution in [1.82, 2.24) is 0 Å². The second-order valence-corrected chi connectivity index (χ2v) is 8.70. The van der Waals surface area contributed by atoms with Crippen LogP contribution in [0, 0.1) is 5.92 Å². The summed E-state index contributed by atoms with van der Waals surface area (Å²) in [5.74, 6) is 1.53. The van der Waals surface area contributed by atoms with Crippen LogP contribution >= 0.6 is 11.8 Å². The molecule has 0 aromatic heterocycles. The van der Waals surface area contributed by atoms with E-state index in [-0.39, 0.29) is 11.8 Å². The number of hydrogen-bond acceptors (Lipinski definition) is 3. The fourth-order valence-corrected chi connectivity index (χ4v) is 4.14. The van der Waals surface area contributed by atoms with E-state index in [4.69, 9.17) is 0 Å². The largest absolute Gasteiger partial charge is 0.326 e. The normalized spacial score (nSPS) is 13.5. The van der Waals surface area contributed by atoms with Crippen LogP contribution in [0.25, 0.3) is 0 Å². The van der Waals surface area contributed by atoms with Crippen molar-refractivity contribution in [2.24, 2.45) is 5.92 Å². The van der Waals surface area contributed by atoms with Crippen LogP contribution in [-0.2, 0) is 16.0 Å². The topological polar surface area (TPSA) is 49.4 Å². The maximum Gasteiger partial charge on any atom is 0.227 e. The van der Waals surface area contributed by atoms with Crippen molar-refractivity contribution in [2.75, 3.05) is 22.5 Å². The molecule has 0 fully saturated rings. The van der Waals surface area contributed by atoms with Gasteiger partial charge in [0.25, 0.3) is 0 Å². The van der Waals surface area contributed by atoms with Gasteiger partial charge in [-0.2, -0.15) is 0 Å². The van der Waals surface area contributed by atoms with Gasteiger partial charge in [-0.1, -0.05) is 32.0 Å². The van der Waals surface area contributed by atoms with E-state index in [9.17, 15) is 9.59 Å². The lowest BCUT2D eigenvalue weighted by atomic mass is 9.99. The summed E-state index contributed by atoms with van der Waals surface area (Å²) in [5.41, 5.74) is 2.95. The van der Waals surface area contributed by atoms with E-state index in [2.05, 4.69) is 31.3 Å². The fraction of sp³-hybridized carbons (Fsp3) is 0.391. The number of nitrogens with one attached hydrogen (secondary N) is 1. The molecule has 5 heteroatoms. The van der Waals surface area contributed by atoms with Gasteiger partial charge in [-0.3, -0.25) is 9.59 Å². The van der Waals surface area contributed by atoms with E-state index < -0.39 is 0 Å². The predicted molar refractivity (Wildman–Crippen MR) is 117 cm³/mol. The second kappa shape index (κ2) is 9.78. The molecule has 1 aliphatic rings. The van der Waals surface area contributed by atoms with E-state index in [1.807, 2.05) is 41.3 Å². The van der Waals surface area contributed by atoms with E-state index in [1.165, 1.54) is 4.90 Å². The zero-order chi connectivity index (χ0) is 19.9. The summed E-state index contributed by atoms with van der Waals surface area (Å²) in [7, 11) is 0. The third-order valence-corrected chi connectivity index (χ3v) is 5.85. The maximum absolute atomic E-state index is 12.3. The number of anilines is 2. The first-order valence-corrected chi connectivity index (χ1v) is 10.9. The molecule has 2 amide bonds. The molecule has 0 saturated carbocycles. The van der Waals surface area contributed by atoms with Crippen molar-refractivity contribution in [3.8, 4) is 0 Å². The van der Waals surface area contributed by atoms with Gasteiger partial charge >= 0.3 is 0 Å². The number of benzene rings is 2. The Bertz CT molecular complexity index is 821. The summed E-state index contributed by atoms with van der Waals surface area (Å²) in [6.07, 6.45) is 2.73. The van der Waals surface area contributed by atoms with Crippen LogP contribution in [0.1, 0.15) is 38.7 Å². The Labute approximate surface area is 171 Å². The number of carbonyl (C=O) groups excluding carboxylic acids is 2. The fourth-order valence-electron chi connectivity index (χ4n) is 3.27. The molecule has 148 valence electrons. The van der Waals surface area contributed by atoms with Crippen LogP contribution in [-0.4, -0.2) is 24.1 Å². The average Bonchev–Trinajstić information content (AvgIpc) is 2.68. The maximum atomic E-state index is 12.3. The van der Waals surface area contributed by atoms with Gasteiger partial charge in [0.15, 0.2) is 0 Å². The summed E-state index contributed by atoms with van der Waals surface area (Å²) in [6.45, 7) is 5.10. The molecule has 28 heavy (non-hydrogen) atoms. The standard InChI is InChI=1S/C23H28N2O2S/c1-17(2)12-14-25-21-10-9-19(16-18(21)8-11-23(25)27)24-22(26)13-15-28-20-6-4-3-5-7-20/h3-7,9-10,16-17H,8,11-15H2,1-2H3,(H,24,26). The summed E-state index contributed by atoms with van der Waals surface area (Å²) in [5, 5.41) is 3.00. The molecule has 0 bridgehead atoms. The summed E-state index contributed by atoms with van der Waals surface area (Å²) in [6, 6.07) is 16.0. The van der Waals surface area contributed by atoms with Gasteiger partial charge in [0.1, 0.15) is 0 Å². The SMILES string of the molecule is CC(C)CCN1C(=O)CCc2cc(NC(=O)CCSc3ccccc3)ccc21. The third-order valence-electron chi connectivity index (χ3n) is 4.83. The highest BCUT2D eigenvalue weighted by Crippen LogP contribution is 2.31. The molecular formula is C23H28N2O2S. The van der Waals surface area contributed by atoms with Crippen molar-refractivity contribution < 1.29 is 9.59 Å². The van der Waals surface area contributed by atoms with Crippen molar-refractivity contribution in [1.29, 1.82) is 0 Å². The quantitative estimate of drug-likeness (QED) is 0.629. The molecule has 0 unspecified atom stereocenters. The van der Waals surface area contributed by atoms with Crippen molar-refractivity contribution >= 4 is 35.0 Å². The number of rotatable bonds is 8. The van der Waals surface area contributed by atoms with E-state index in [0.29, 0.717) is 18.8 Å². The van der Waals surface area contributed by atoms with Crippen LogP contribution in [0.3, 0.4) is 0 Å². The van der Waals surface area contributed by atoms with Crippen LogP contribution < -0.4 is 10.2 Å². The molecule has 2 aromatic rings. The Morgan fingerprint density at radius 3 is 2.68 bits per heavy atom. The van der Waals surface area contributed by atoms with Crippen molar-refractivity contribution in [3.63, 3.8) is 0 Å². The number of amides is 2. The van der Waals surface area contributed by atoms with Gasteiger partial charge < -0.3 is 10.2 Å². The number of aryl methyl sites for hydroxylation is 1. The van der Waals surface area contributed by atoms with Crippen LogP contribution in [0.15, 0.2) is 53.4 Å². The number of carbonyl (C=O) groups is 2. The minimum Gasteiger partial charge on any atom is -0.326 e. The molecule has 0 saturated heterocycles. The van der Waals surface area contributed by atoms with Crippen molar-refractivity contribution in [3.05, 3.63) is 54.1 Å². The Morgan fingerprint density at radius 1 is 1.14 bits per heavy atom. The summed E-state index contributed by atoms with van der Waals surface area (Å²) < 4.78 is 0. The average molecular weight is 397 g/mol. The lowest BCUT2D eigenvalue weighted by molar-refractivity contribution is -0.119. The van der Waals surface area contributed by atoms with Crippen LogP contribution in [0.5, 0.6) is 0 Å². The third kappa shape index (κ3) is 5.61. The molecular weight excluding hydrogens is 368 g/mol. The summed E-state index contributed by atoms with van der Waals surface area (Å²) >= 11 is 1.69. The van der Waals surface area contributed by atoms with E-state index in [0.717, 1.165) is 42.1 Å². The highest BCUT2D eigenvalue weighted by atomic mass is 32.2. The molecule has 2 aromatic carbocycles. The molecule has 0 radical (unpaired) electrons. The van der Waals surface area contributed by atoms with Gasteiger partial charge in [0.2, 0.25) is 11.8 Å². The van der Waals surface area contributed by atoms with Gasteiger partial charge in [0, 0.05) is 41.4 Å². The predicted octanol–water partition coefficient (Wildman–Crippen LogP) is 5.13. The molecule has 0 atom stereocenters. The molecule has 0 spiro atoms. The second-order valence-electron chi connectivity index (χ2n) is 7.53. The number of nitrogens with zero attached hydrogens (tertiary/aromatic N) is 1. The van der Waals surface area contributed by atoms with Gasteiger partial charge in [-0.05, 0) is 54.7 Å². The Kier molecular flexibility index (Phi) is 7.15. The number of fused-ring (bicyclic) bond motifs is 1. The zero-order valence-corrected chi connectivity index (χ0v) is 17.4. The monoisotopic (exact) mass is 396 g/mol. The van der Waals surface area contributed by atoms with Gasteiger partial charge in [-0.15, -0.1) is 11.8 Å². The number of hydrogen-bond donors (Lipinski definition) is 1. The van der Waals surface area contributed by atoms with Gasteiger partial charge in [0.05, 0.1) is 0 Å². The Balaban J connectivity index is 1.57. The molecule has 0 aliphatic carbocycles. The van der Waals surface area contributed by atoms with Crippen LogP contribution in [0.2, 0.25) is 0 Å². The number of thioether (sulfide) groups is 1. The van der Waals surface area contributed by atoms with E-state index in [1.54, 1.807) is 11.8 Å². The lowest BCUT2D eigenvalue weighted by Crippen LogP contribution is -2.36.